The van der Waals surface area contributed by atoms with Gasteiger partial charge in [-0.3, -0.25) is 4.79 Å². The quantitative estimate of drug-likeness (QED) is 0.571. The molecule has 0 spiro atoms. The van der Waals surface area contributed by atoms with Crippen molar-refractivity contribution in [1.82, 2.24) is 5.32 Å². The van der Waals surface area contributed by atoms with Crippen molar-refractivity contribution >= 4 is 11.5 Å². The minimum atomic E-state index is -1.27. The number of nitrogens with one attached hydrogen (secondary N) is 1. The maximum Gasteiger partial charge on any atom is 0.252 e. The van der Waals surface area contributed by atoms with Crippen LogP contribution in [0.3, 0.4) is 0 Å². The van der Waals surface area contributed by atoms with Crippen molar-refractivity contribution in [2.75, 3.05) is 7.11 Å². The van der Waals surface area contributed by atoms with Gasteiger partial charge in [-0.2, -0.15) is 0 Å². The third kappa shape index (κ3) is 3.79. The van der Waals surface area contributed by atoms with Crippen molar-refractivity contribution in [1.29, 1.82) is 0 Å². The van der Waals surface area contributed by atoms with E-state index < -0.39 is 35.5 Å². The average Bonchev–Trinajstić information content (AvgIpc) is 2.66. The minimum absolute atomic E-state index is 0.0827. The van der Waals surface area contributed by atoms with Crippen LogP contribution in [0.15, 0.2) is 18.2 Å². The van der Waals surface area contributed by atoms with Gasteiger partial charge in [0, 0.05) is 11.6 Å². The van der Waals surface area contributed by atoms with Crippen molar-refractivity contribution in [2.24, 2.45) is 11.7 Å². The number of rotatable bonds is 5. The van der Waals surface area contributed by atoms with E-state index in [0.29, 0.717) is 24.0 Å². The fourth-order valence-corrected chi connectivity index (χ4v) is 4.05. The van der Waals surface area contributed by atoms with Crippen LogP contribution < -0.4 is 15.8 Å². The van der Waals surface area contributed by atoms with Crippen molar-refractivity contribution in [3.63, 3.8) is 0 Å². The van der Waals surface area contributed by atoms with Gasteiger partial charge in [-0.15, -0.1) is 0 Å². The van der Waals surface area contributed by atoms with Crippen molar-refractivity contribution in [2.45, 2.75) is 64.3 Å². The summed E-state index contributed by atoms with van der Waals surface area (Å²) in [5, 5.41) is 24.3. The lowest BCUT2D eigenvalue weighted by Gasteiger charge is -2.50. The molecule has 7 heteroatoms. The largest absolute Gasteiger partial charge is 0.494 e. The summed E-state index contributed by atoms with van der Waals surface area (Å²) in [5.41, 5.74) is 6.18. The molecule has 6 nitrogen and oxygen atoms in total. The van der Waals surface area contributed by atoms with Crippen molar-refractivity contribution < 1.29 is 24.1 Å². The number of nitrogens with two attached hydrogens (primary N) is 1. The zero-order valence-corrected chi connectivity index (χ0v) is 17.1. The van der Waals surface area contributed by atoms with Gasteiger partial charge >= 0.3 is 0 Å². The predicted octanol–water partition coefficient (Wildman–Crippen LogP) is 1.90. The van der Waals surface area contributed by atoms with Crippen LogP contribution >= 0.6 is 0 Å². The number of allylic oxidation sites excluding steroid dienone is 1. The highest BCUT2D eigenvalue weighted by molar-refractivity contribution is 6.20. The maximum absolute atomic E-state index is 14.2. The Morgan fingerprint density at radius 2 is 2.11 bits per heavy atom. The second-order valence-electron chi connectivity index (χ2n) is 7.60. The molecule has 3 unspecified atom stereocenters. The van der Waals surface area contributed by atoms with Gasteiger partial charge in [0.15, 0.2) is 11.6 Å². The average molecular weight is 394 g/mol. The number of hydrogen-bond acceptors (Lipinski definition) is 5. The van der Waals surface area contributed by atoms with E-state index in [4.69, 9.17) is 10.5 Å². The molecule has 0 heterocycles. The van der Waals surface area contributed by atoms with Gasteiger partial charge in [-0.25, -0.2) is 4.39 Å². The minimum Gasteiger partial charge on any atom is -0.494 e. The lowest BCUT2D eigenvalue weighted by Crippen LogP contribution is -2.72. The molecule has 0 saturated heterocycles. The van der Waals surface area contributed by atoms with Crippen LogP contribution in [-0.4, -0.2) is 47.0 Å². The van der Waals surface area contributed by atoms with Crippen LogP contribution in [-0.2, 0) is 4.79 Å². The summed E-state index contributed by atoms with van der Waals surface area (Å²) in [7, 11) is 1.38. The van der Waals surface area contributed by atoms with Gasteiger partial charge in [0.1, 0.15) is 0 Å². The zero-order chi connectivity index (χ0) is 21.2. The summed E-state index contributed by atoms with van der Waals surface area (Å²) in [6, 6.07) is 2.21. The molecular formula is C21H31FN2O4. The summed E-state index contributed by atoms with van der Waals surface area (Å²) in [6.07, 6.45) is 0.198. The number of aryl methyl sites for hydroxylation is 1. The number of carbonyl (C=O) groups is 1. The van der Waals surface area contributed by atoms with Crippen LogP contribution in [0.1, 0.15) is 44.7 Å². The van der Waals surface area contributed by atoms with Crippen LogP contribution in [0.25, 0.3) is 5.57 Å². The molecule has 2 rings (SSSR count). The summed E-state index contributed by atoms with van der Waals surface area (Å²) in [4.78, 5) is 13.1. The Hall–Kier alpha value is -1.96. The maximum atomic E-state index is 14.2. The molecule has 0 aromatic heterocycles. The predicted molar refractivity (Wildman–Crippen MR) is 106 cm³/mol. The molecule has 156 valence electrons. The Kier molecular flexibility index (Phi) is 6.85. The topological polar surface area (TPSA) is 105 Å². The molecule has 1 saturated carbocycles. The lowest BCUT2D eigenvalue weighted by molar-refractivity contribution is -0.130. The van der Waals surface area contributed by atoms with E-state index in [-0.39, 0.29) is 17.2 Å². The Morgan fingerprint density at radius 3 is 2.64 bits per heavy atom. The molecule has 1 aromatic rings. The molecule has 5 atom stereocenters. The van der Waals surface area contributed by atoms with Crippen LogP contribution in [0.5, 0.6) is 5.75 Å². The zero-order valence-electron chi connectivity index (χ0n) is 17.1. The van der Waals surface area contributed by atoms with Gasteiger partial charge in [0.05, 0.1) is 24.9 Å². The van der Waals surface area contributed by atoms with Crippen LogP contribution in [0.4, 0.5) is 4.39 Å². The summed E-state index contributed by atoms with van der Waals surface area (Å²) in [6.45, 7) is 7.07. The Balaban J connectivity index is 2.40. The second kappa shape index (κ2) is 8.59. The molecule has 0 aliphatic heterocycles. The van der Waals surface area contributed by atoms with Gasteiger partial charge in [0.2, 0.25) is 0 Å². The first-order chi connectivity index (χ1) is 13.1. The number of aliphatic hydroxyl groups is 2. The lowest BCUT2D eigenvalue weighted by atomic mass is 9.68. The molecule has 1 aromatic carbocycles. The number of aliphatic hydroxyl groups excluding tert-OH is 2. The smallest absolute Gasteiger partial charge is 0.252 e. The Morgan fingerprint density at radius 1 is 1.46 bits per heavy atom. The monoisotopic (exact) mass is 394 g/mol. The third-order valence-electron chi connectivity index (χ3n) is 5.99. The van der Waals surface area contributed by atoms with Gasteiger partial charge in [0.25, 0.3) is 5.91 Å². The molecule has 5 N–H and O–H groups in total. The molecule has 0 radical (unpaired) electrons. The normalized spacial score (nSPS) is 30.8. The number of ether oxygens (including phenoxy) is 1. The molecule has 0 bridgehead atoms. The Labute approximate surface area is 165 Å². The summed E-state index contributed by atoms with van der Waals surface area (Å²) < 4.78 is 19.2. The number of methoxy groups -OCH3 is 1. The molecule has 1 aliphatic rings. The first kappa shape index (κ1) is 22.3. The highest BCUT2D eigenvalue weighted by Gasteiger charge is 2.52. The molecule has 1 fully saturated rings. The number of hydrogen-bond donors (Lipinski definition) is 4. The van der Waals surface area contributed by atoms with E-state index >= 15 is 0 Å². The van der Waals surface area contributed by atoms with E-state index in [1.54, 1.807) is 26.8 Å². The first-order valence-corrected chi connectivity index (χ1v) is 9.57. The summed E-state index contributed by atoms with van der Waals surface area (Å²) >= 11 is 0. The van der Waals surface area contributed by atoms with E-state index in [1.807, 2.05) is 6.92 Å². The number of carbonyl (C=O) groups excluding carboxylic acids is 1. The van der Waals surface area contributed by atoms with Gasteiger partial charge in [-0.1, -0.05) is 19.9 Å². The Bertz CT molecular complexity index is 767. The third-order valence-corrected chi connectivity index (χ3v) is 5.99. The standard InChI is InChI=1S/C21H31FN2O4/c1-6-13(14-10-15(22)16(28-5)8-11(14)3)20(27)24-21(7-2)17(25)9-12(4)18(23)19(21)26/h6,8,10,12,17-19,25-26H,7,9,23H2,1-5H3,(H,24,27)/b13-6+/t12?,17?,18-,19?,21+/m1/s1. The molecular weight excluding hydrogens is 363 g/mol. The second-order valence-corrected chi connectivity index (χ2v) is 7.60. The molecule has 1 amide bonds. The molecule has 28 heavy (non-hydrogen) atoms. The number of benzene rings is 1. The SMILES string of the molecule is C/C=C(/C(=O)N[C@@]1(CC)C(O)CC(C)[C@@H](N)C1O)c1cc(F)c(OC)cc1C. The molecule has 1 aliphatic carbocycles. The van der Waals surface area contributed by atoms with E-state index in [1.165, 1.54) is 19.2 Å². The fourth-order valence-electron chi connectivity index (χ4n) is 4.05. The van der Waals surface area contributed by atoms with Crippen molar-refractivity contribution in [3.05, 3.63) is 35.2 Å². The number of halogens is 1. The van der Waals surface area contributed by atoms with Crippen LogP contribution in [0.2, 0.25) is 0 Å². The van der Waals surface area contributed by atoms with E-state index in [9.17, 15) is 19.4 Å². The fraction of sp³-hybridized carbons (Fsp3) is 0.571. The highest BCUT2D eigenvalue weighted by Crippen LogP contribution is 2.35. The van der Waals surface area contributed by atoms with E-state index in [2.05, 4.69) is 5.32 Å². The van der Waals surface area contributed by atoms with Gasteiger partial charge < -0.3 is 26.0 Å². The number of amides is 1. The van der Waals surface area contributed by atoms with Crippen molar-refractivity contribution in [3.8, 4) is 5.75 Å². The van der Waals surface area contributed by atoms with Crippen LogP contribution in [0, 0.1) is 18.7 Å². The first-order valence-electron chi connectivity index (χ1n) is 9.57. The highest BCUT2D eigenvalue weighted by atomic mass is 19.1. The van der Waals surface area contributed by atoms with E-state index in [0.717, 1.165) is 0 Å². The summed E-state index contributed by atoms with van der Waals surface area (Å²) in [5.74, 6) is -1.06. The van der Waals surface area contributed by atoms with Gasteiger partial charge in [-0.05, 0) is 55.9 Å².